The molecule has 0 aromatic rings. The van der Waals surface area contributed by atoms with Crippen LogP contribution in [0.3, 0.4) is 0 Å². The van der Waals surface area contributed by atoms with E-state index in [0.717, 1.165) is 51.4 Å². The van der Waals surface area contributed by atoms with Crippen molar-refractivity contribution in [3.63, 3.8) is 0 Å². The molecule has 2 fully saturated rings. The van der Waals surface area contributed by atoms with Gasteiger partial charge in [0.05, 0.1) is 25.4 Å². The first-order valence-electron chi connectivity index (χ1n) is 29.0. The highest BCUT2D eigenvalue weighted by Gasteiger charge is 2.55. The van der Waals surface area contributed by atoms with E-state index in [1.807, 2.05) is 0 Å². The summed E-state index contributed by atoms with van der Waals surface area (Å²) in [5, 5.41) is 97.4. The van der Waals surface area contributed by atoms with Gasteiger partial charge < -0.3 is 65.6 Å². The van der Waals surface area contributed by atoms with E-state index < -0.39 is 101 Å². The first-order valence-corrected chi connectivity index (χ1v) is 30.5. The number of aliphatic hydroxyl groups is 9. The Kier molecular flexibility index (Phi) is 38.5. The fourth-order valence-corrected chi connectivity index (χ4v) is 10.9. The number of unbranched alkanes of at least 4 members (excludes halogenated alkanes) is 32. The number of carbonyl (C=O) groups is 1. The van der Waals surface area contributed by atoms with Crippen LogP contribution in [0.1, 0.15) is 245 Å². The number of amides is 1. The lowest BCUT2D eigenvalue weighted by Crippen LogP contribution is -2.67. The molecule has 0 aromatic carbocycles. The van der Waals surface area contributed by atoms with Gasteiger partial charge in [-0.15, -0.1) is 0 Å². The number of hydrogen-bond donors (Lipinski definition) is 11. The predicted octanol–water partition coefficient (Wildman–Crippen LogP) is 8.06. The van der Waals surface area contributed by atoms with Crippen molar-refractivity contribution < 1.29 is 78.7 Å². The SMILES string of the molecule is CCCCCCCCCCCCCCCCCCCCCCCC(=O)N[C@@H](COP(=O)(O)O[C@H]1C(O)C(O)C(O)[C@@H](O)C1O[C@H]1O[C@H](CO)[C@@H](O)C(O)C1O)[C@H](O)CCCCCCCCCCCCCCC. The zero-order chi connectivity index (χ0) is 53.0. The van der Waals surface area contributed by atoms with E-state index in [9.17, 15) is 60.2 Å². The maximum absolute atomic E-state index is 13.5. The molecule has 7 unspecified atom stereocenters. The van der Waals surface area contributed by atoms with Crippen LogP contribution in [-0.2, 0) is 27.9 Å². The minimum atomic E-state index is -5.31. The highest BCUT2D eigenvalue weighted by atomic mass is 31.2. The molecule has 428 valence electrons. The molecule has 18 heteroatoms. The molecule has 1 aliphatic carbocycles. The number of nitrogens with one attached hydrogen (secondary N) is 1. The van der Waals surface area contributed by atoms with Crippen molar-refractivity contribution in [2.75, 3.05) is 13.2 Å². The zero-order valence-electron chi connectivity index (χ0n) is 44.7. The second-order valence-corrected chi connectivity index (χ2v) is 22.6. The summed E-state index contributed by atoms with van der Waals surface area (Å²) < 4.78 is 35.0. The fraction of sp³-hybridized carbons (Fsp3) is 0.981. The quantitative estimate of drug-likeness (QED) is 0.0203. The van der Waals surface area contributed by atoms with Gasteiger partial charge in [-0.2, -0.15) is 0 Å². The van der Waals surface area contributed by atoms with Gasteiger partial charge in [-0.05, 0) is 12.8 Å². The Bertz CT molecular complexity index is 1350. The molecule has 11 N–H and O–H groups in total. The van der Waals surface area contributed by atoms with Gasteiger partial charge in [0.25, 0.3) is 0 Å². The molecule has 1 saturated carbocycles. The Morgan fingerprint density at radius 3 is 1.28 bits per heavy atom. The van der Waals surface area contributed by atoms with Crippen LogP contribution in [0.2, 0.25) is 0 Å². The van der Waals surface area contributed by atoms with Gasteiger partial charge in [0.15, 0.2) is 6.29 Å². The number of phosphoric acid groups is 1. The van der Waals surface area contributed by atoms with Gasteiger partial charge in [0.1, 0.15) is 61.0 Å². The molecule has 17 nitrogen and oxygen atoms in total. The molecule has 0 bridgehead atoms. The second kappa shape index (κ2) is 41.3. The summed E-state index contributed by atoms with van der Waals surface area (Å²) in [5.41, 5.74) is 0. The van der Waals surface area contributed by atoms with E-state index in [1.54, 1.807) is 0 Å². The third kappa shape index (κ3) is 28.5. The van der Waals surface area contributed by atoms with Crippen LogP contribution >= 0.6 is 7.82 Å². The fourth-order valence-electron chi connectivity index (χ4n) is 9.97. The number of ether oxygens (including phenoxy) is 2. The summed E-state index contributed by atoms with van der Waals surface area (Å²) in [5.74, 6) is -0.365. The normalized spacial score (nSPS) is 27.4. The molecule has 1 saturated heterocycles. The molecule has 72 heavy (non-hydrogen) atoms. The lowest BCUT2D eigenvalue weighted by atomic mass is 9.84. The van der Waals surface area contributed by atoms with Gasteiger partial charge in [-0.1, -0.05) is 226 Å². The number of carbonyl (C=O) groups excluding carboxylic acids is 1. The van der Waals surface area contributed by atoms with E-state index in [-0.39, 0.29) is 18.7 Å². The Morgan fingerprint density at radius 1 is 0.514 bits per heavy atom. The van der Waals surface area contributed by atoms with Gasteiger partial charge in [0.2, 0.25) is 5.91 Å². The zero-order valence-corrected chi connectivity index (χ0v) is 45.6. The summed E-state index contributed by atoms with van der Waals surface area (Å²) in [4.78, 5) is 24.2. The third-order valence-electron chi connectivity index (χ3n) is 14.8. The smallest absolute Gasteiger partial charge is 0.394 e. The van der Waals surface area contributed by atoms with Gasteiger partial charge in [0, 0.05) is 6.42 Å². The number of phosphoric ester groups is 1. The minimum Gasteiger partial charge on any atom is -0.394 e. The highest BCUT2D eigenvalue weighted by Crippen LogP contribution is 2.48. The Labute approximate surface area is 434 Å². The average molecular weight is 1060 g/mol. The van der Waals surface area contributed by atoms with Crippen molar-refractivity contribution in [2.45, 2.75) is 324 Å². The number of rotatable bonds is 46. The molecule has 2 aliphatic rings. The van der Waals surface area contributed by atoms with E-state index >= 15 is 0 Å². The van der Waals surface area contributed by atoms with Crippen molar-refractivity contribution in [1.29, 1.82) is 0 Å². The monoisotopic (exact) mass is 1060 g/mol. The van der Waals surface area contributed by atoms with E-state index in [0.29, 0.717) is 12.8 Å². The summed E-state index contributed by atoms with van der Waals surface area (Å²) in [6.45, 7) is 2.95. The Morgan fingerprint density at radius 2 is 0.875 bits per heavy atom. The minimum absolute atomic E-state index is 0.178. The summed E-state index contributed by atoms with van der Waals surface area (Å²) >= 11 is 0. The van der Waals surface area contributed by atoms with Crippen LogP contribution in [0, 0.1) is 0 Å². The molecule has 14 atom stereocenters. The third-order valence-corrected chi connectivity index (χ3v) is 15.8. The molecule has 1 aliphatic heterocycles. The summed E-state index contributed by atoms with van der Waals surface area (Å²) in [7, 11) is -5.31. The van der Waals surface area contributed by atoms with E-state index in [2.05, 4.69) is 19.2 Å². The lowest BCUT2D eigenvalue weighted by Gasteiger charge is -2.47. The molecule has 0 aromatic heterocycles. The molecule has 0 radical (unpaired) electrons. The largest absolute Gasteiger partial charge is 0.472 e. The molecule has 1 heterocycles. The molecular formula is C54H106NO16P. The van der Waals surface area contributed by atoms with Crippen molar-refractivity contribution in [3.05, 3.63) is 0 Å². The van der Waals surface area contributed by atoms with Crippen LogP contribution in [0.25, 0.3) is 0 Å². The molecular weight excluding hydrogens is 950 g/mol. The second-order valence-electron chi connectivity index (χ2n) is 21.2. The number of aliphatic hydroxyl groups excluding tert-OH is 9. The highest BCUT2D eigenvalue weighted by molar-refractivity contribution is 7.47. The molecule has 2 rings (SSSR count). The van der Waals surface area contributed by atoms with Gasteiger partial charge in [-0.25, -0.2) is 4.57 Å². The Hall–Kier alpha value is -0.860. The Balaban J connectivity index is 1.86. The van der Waals surface area contributed by atoms with E-state index in [4.69, 9.17) is 18.5 Å². The summed E-state index contributed by atoms with van der Waals surface area (Å²) in [6.07, 6.45) is 18.6. The maximum Gasteiger partial charge on any atom is 0.472 e. The number of hydrogen-bond acceptors (Lipinski definition) is 15. The van der Waals surface area contributed by atoms with Crippen LogP contribution in [-0.4, -0.2) is 149 Å². The van der Waals surface area contributed by atoms with Gasteiger partial charge in [-0.3, -0.25) is 13.8 Å². The summed E-state index contributed by atoms with van der Waals surface area (Å²) in [6, 6.07) is -1.13. The van der Waals surface area contributed by atoms with Gasteiger partial charge >= 0.3 is 7.82 Å². The van der Waals surface area contributed by atoms with Crippen molar-refractivity contribution in [2.24, 2.45) is 0 Å². The van der Waals surface area contributed by atoms with Crippen LogP contribution in [0.5, 0.6) is 0 Å². The predicted molar refractivity (Wildman–Crippen MR) is 279 cm³/mol. The average Bonchev–Trinajstić information content (AvgIpc) is 3.36. The van der Waals surface area contributed by atoms with Crippen LogP contribution < -0.4 is 5.32 Å². The standard InChI is InChI=1S/C54H106NO16P/c1-3-5-7-9-11-13-15-17-18-19-20-21-22-23-24-26-28-30-32-34-36-38-44(58)55-41(42(57)37-35-33-31-29-27-25-16-14-12-10-8-6-4-2)40-68-72(66,67)71-53-50(64)48(62)47(61)49(63)52(53)70-54-51(65)46(60)45(59)43(39-56)69-54/h41-43,45-54,56-57,59-65H,3-40H2,1-2H3,(H,55,58)(H,66,67)/t41-,42+,43+,45+,46?,47?,48?,49+,50?,51?,52?,53-,54+/m0/s1. The molecule has 1 amide bonds. The van der Waals surface area contributed by atoms with Crippen LogP contribution in [0.4, 0.5) is 0 Å². The first-order chi connectivity index (χ1) is 34.7. The lowest BCUT2D eigenvalue weighted by molar-refractivity contribution is -0.338. The maximum atomic E-state index is 13.5. The van der Waals surface area contributed by atoms with Crippen LogP contribution in [0.15, 0.2) is 0 Å². The topological polar surface area (TPSA) is 285 Å². The van der Waals surface area contributed by atoms with Crippen molar-refractivity contribution >= 4 is 13.7 Å². The van der Waals surface area contributed by atoms with Crippen molar-refractivity contribution in [3.8, 4) is 0 Å². The first kappa shape index (κ1) is 67.3. The van der Waals surface area contributed by atoms with Crippen molar-refractivity contribution in [1.82, 2.24) is 5.32 Å². The van der Waals surface area contributed by atoms with E-state index in [1.165, 1.54) is 154 Å². The molecule has 0 spiro atoms.